The van der Waals surface area contributed by atoms with Crippen molar-refractivity contribution in [3.8, 4) is 5.75 Å². The zero-order chi connectivity index (χ0) is 21.1. The molecule has 0 N–H and O–H groups in total. The molecular formula is C27H27NO2. The van der Waals surface area contributed by atoms with Crippen molar-refractivity contribution in [2.45, 2.75) is 26.2 Å². The topological polar surface area (TPSA) is 31.2 Å². The number of aromatic nitrogens is 1. The van der Waals surface area contributed by atoms with Gasteiger partial charge in [-0.15, -0.1) is 0 Å². The zero-order valence-corrected chi connectivity index (χ0v) is 17.7. The summed E-state index contributed by atoms with van der Waals surface area (Å²) in [6, 6.07) is 26.4. The second-order valence-electron chi connectivity index (χ2n) is 8.05. The zero-order valence-electron chi connectivity index (χ0n) is 17.7. The van der Waals surface area contributed by atoms with Crippen molar-refractivity contribution in [2.75, 3.05) is 0 Å². The molecule has 3 heteroatoms. The van der Waals surface area contributed by atoms with Gasteiger partial charge in [-0.3, -0.25) is 4.79 Å². The number of benzene rings is 3. The fraction of sp³-hybridized carbons (Fsp3) is 0.222. The van der Waals surface area contributed by atoms with Gasteiger partial charge in [-0.1, -0.05) is 73.2 Å². The average Bonchev–Trinajstić information content (AvgIpc) is 3.10. The van der Waals surface area contributed by atoms with E-state index < -0.39 is 0 Å². The highest BCUT2D eigenvalue weighted by atomic mass is 16.5. The molecule has 0 aliphatic rings. The van der Waals surface area contributed by atoms with Crippen LogP contribution in [0.4, 0.5) is 0 Å². The normalized spacial score (nSPS) is 13.2. The molecule has 0 bridgehead atoms. The van der Waals surface area contributed by atoms with E-state index in [1.165, 1.54) is 27.6 Å². The van der Waals surface area contributed by atoms with Gasteiger partial charge in [0.25, 0.3) is 0 Å². The molecule has 152 valence electrons. The van der Waals surface area contributed by atoms with E-state index in [9.17, 15) is 4.79 Å². The third-order valence-corrected chi connectivity index (χ3v) is 5.74. The van der Waals surface area contributed by atoms with E-state index >= 15 is 0 Å². The summed E-state index contributed by atoms with van der Waals surface area (Å²) in [6.45, 7) is 4.05. The number of carbonyl (C=O) groups is 1. The van der Waals surface area contributed by atoms with Crippen LogP contribution in [0.2, 0.25) is 0 Å². The number of rotatable bonds is 6. The minimum absolute atomic E-state index is 0.107. The van der Waals surface area contributed by atoms with E-state index in [0.29, 0.717) is 12.2 Å². The first-order valence-corrected chi connectivity index (χ1v) is 10.4. The molecule has 0 aliphatic heterocycles. The summed E-state index contributed by atoms with van der Waals surface area (Å²) in [5.41, 5.74) is 4.89. The first-order valence-electron chi connectivity index (χ1n) is 10.4. The number of aryl methyl sites for hydroxylation is 2. The Labute approximate surface area is 177 Å². The van der Waals surface area contributed by atoms with Gasteiger partial charge in [-0.2, -0.15) is 0 Å². The minimum Gasteiger partial charge on any atom is -0.426 e. The summed E-state index contributed by atoms with van der Waals surface area (Å²) in [7, 11) is 2.07. The van der Waals surface area contributed by atoms with Crippen LogP contribution in [0.5, 0.6) is 5.75 Å². The molecule has 2 unspecified atom stereocenters. The molecule has 30 heavy (non-hydrogen) atoms. The molecule has 4 rings (SSSR count). The van der Waals surface area contributed by atoms with E-state index in [2.05, 4.69) is 73.3 Å². The molecule has 2 atom stereocenters. The highest BCUT2D eigenvalue weighted by molar-refractivity contribution is 5.85. The van der Waals surface area contributed by atoms with Crippen LogP contribution in [-0.2, 0) is 11.8 Å². The lowest BCUT2D eigenvalue weighted by molar-refractivity contribution is -0.138. The van der Waals surface area contributed by atoms with Crippen LogP contribution in [0.25, 0.3) is 10.9 Å². The van der Waals surface area contributed by atoms with Gasteiger partial charge in [0.1, 0.15) is 5.75 Å². The first-order chi connectivity index (χ1) is 14.5. The largest absolute Gasteiger partial charge is 0.426 e. The molecule has 0 saturated carbocycles. The third-order valence-electron chi connectivity index (χ3n) is 5.74. The van der Waals surface area contributed by atoms with E-state index in [4.69, 9.17) is 4.74 Å². The minimum atomic E-state index is -0.240. The fourth-order valence-corrected chi connectivity index (χ4v) is 4.05. The second-order valence-corrected chi connectivity index (χ2v) is 8.05. The van der Waals surface area contributed by atoms with E-state index in [1.807, 2.05) is 37.3 Å². The molecule has 0 saturated heterocycles. The van der Waals surface area contributed by atoms with Crippen molar-refractivity contribution in [1.29, 1.82) is 0 Å². The Morgan fingerprint density at radius 3 is 2.33 bits per heavy atom. The molecule has 0 radical (unpaired) electrons. The molecule has 3 nitrogen and oxygen atoms in total. The highest BCUT2D eigenvalue weighted by Crippen LogP contribution is 2.36. The molecule has 0 amide bonds. The molecule has 0 fully saturated rings. The van der Waals surface area contributed by atoms with Crippen LogP contribution in [0, 0.1) is 12.8 Å². The van der Waals surface area contributed by atoms with Crippen molar-refractivity contribution >= 4 is 16.9 Å². The van der Waals surface area contributed by atoms with Crippen molar-refractivity contribution in [3.63, 3.8) is 0 Å². The van der Waals surface area contributed by atoms with Gasteiger partial charge in [0.2, 0.25) is 0 Å². The van der Waals surface area contributed by atoms with Crippen molar-refractivity contribution in [1.82, 2.24) is 4.57 Å². The van der Waals surface area contributed by atoms with Crippen LogP contribution in [0.15, 0.2) is 85.1 Å². The van der Waals surface area contributed by atoms with Crippen LogP contribution in [-0.4, -0.2) is 10.5 Å². The Hall–Kier alpha value is -3.33. The molecule has 1 heterocycles. The van der Waals surface area contributed by atoms with Gasteiger partial charge in [0, 0.05) is 30.1 Å². The van der Waals surface area contributed by atoms with Crippen LogP contribution in [0.1, 0.15) is 36.0 Å². The Morgan fingerprint density at radius 1 is 0.933 bits per heavy atom. The Kier molecular flexibility index (Phi) is 5.71. The number of hydrogen-bond donors (Lipinski definition) is 0. The summed E-state index contributed by atoms with van der Waals surface area (Å²) in [5.74, 6) is 0.260. The smallest absolute Gasteiger partial charge is 0.314 e. The fourth-order valence-electron chi connectivity index (χ4n) is 4.05. The standard InChI is InChI=1S/C27H27NO2/c1-19-13-15-21(16-14-19)24(25-18-28(3)26-12-8-7-11-23(25)26)17-20(2)27(29)30-22-9-5-4-6-10-22/h4-16,18,20,24H,17H2,1-3H3. The predicted molar refractivity (Wildman–Crippen MR) is 122 cm³/mol. The van der Waals surface area contributed by atoms with Crippen molar-refractivity contribution in [2.24, 2.45) is 13.0 Å². The maximum Gasteiger partial charge on any atom is 0.314 e. The average molecular weight is 398 g/mol. The van der Waals surface area contributed by atoms with E-state index in [-0.39, 0.29) is 17.8 Å². The van der Waals surface area contributed by atoms with E-state index in [0.717, 1.165) is 0 Å². The van der Waals surface area contributed by atoms with Gasteiger partial charge in [0.15, 0.2) is 0 Å². The van der Waals surface area contributed by atoms with Crippen LogP contribution in [0.3, 0.4) is 0 Å². The van der Waals surface area contributed by atoms with Crippen molar-refractivity contribution in [3.05, 3.63) is 102 Å². The molecule has 0 spiro atoms. The van der Waals surface area contributed by atoms with Gasteiger partial charge in [0.05, 0.1) is 5.92 Å². The SMILES string of the molecule is Cc1ccc(C(CC(C)C(=O)Oc2ccccc2)c2cn(C)c3ccccc23)cc1. The monoisotopic (exact) mass is 397 g/mol. The lowest BCUT2D eigenvalue weighted by Gasteiger charge is -2.21. The third kappa shape index (κ3) is 4.16. The predicted octanol–water partition coefficient (Wildman–Crippen LogP) is 6.25. The molecule has 4 aromatic rings. The number of fused-ring (bicyclic) bond motifs is 1. The second kappa shape index (κ2) is 8.58. The van der Waals surface area contributed by atoms with Crippen LogP contribution >= 0.6 is 0 Å². The number of nitrogens with zero attached hydrogens (tertiary/aromatic N) is 1. The van der Waals surface area contributed by atoms with Gasteiger partial charge in [-0.25, -0.2) is 0 Å². The van der Waals surface area contributed by atoms with Crippen LogP contribution < -0.4 is 4.74 Å². The molecule has 3 aromatic carbocycles. The first kappa shape index (κ1) is 20.0. The lowest BCUT2D eigenvalue weighted by atomic mass is 9.83. The molecule has 0 aliphatic carbocycles. The van der Waals surface area contributed by atoms with Crippen molar-refractivity contribution < 1.29 is 9.53 Å². The molecular weight excluding hydrogens is 370 g/mol. The summed E-state index contributed by atoms with van der Waals surface area (Å²) >= 11 is 0. The van der Waals surface area contributed by atoms with Gasteiger partial charge < -0.3 is 9.30 Å². The number of ether oxygens (including phenoxy) is 1. The molecule has 1 aromatic heterocycles. The van der Waals surface area contributed by atoms with Gasteiger partial charge in [-0.05, 0) is 42.7 Å². The summed E-state index contributed by atoms with van der Waals surface area (Å²) in [4.78, 5) is 12.8. The maximum atomic E-state index is 12.8. The quantitative estimate of drug-likeness (QED) is 0.284. The Balaban J connectivity index is 1.67. The van der Waals surface area contributed by atoms with Gasteiger partial charge >= 0.3 is 5.97 Å². The highest BCUT2D eigenvalue weighted by Gasteiger charge is 2.25. The number of hydrogen-bond acceptors (Lipinski definition) is 2. The summed E-state index contributed by atoms with van der Waals surface area (Å²) in [5, 5.41) is 1.23. The Bertz CT molecular complexity index is 1140. The number of carbonyl (C=O) groups excluding carboxylic acids is 1. The lowest BCUT2D eigenvalue weighted by Crippen LogP contribution is -2.20. The Morgan fingerprint density at radius 2 is 1.60 bits per heavy atom. The number of esters is 1. The number of para-hydroxylation sites is 2. The van der Waals surface area contributed by atoms with E-state index in [1.54, 1.807) is 0 Å². The maximum absolute atomic E-state index is 12.8. The summed E-state index contributed by atoms with van der Waals surface area (Å²) in [6.07, 6.45) is 2.88. The summed E-state index contributed by atoms with van der Waals surface area (Å²) < 4.78 is 7.78.